The highest BCUT2D eigenvalue weighted by atomic mass is 32.2. The number of hydrogen-bond donors (Lipinski definition) is 2. The molecule has 0 aliphatic carbocycles. The first-order chi connectivity index (χ1) is 15.1. The average molecular weight is 450 g/mol. The molecule has 3 aromatic carbocycles. The second kappa shape index (κ2) is 7.80. The van der Waals surface area contributed by atoms with Crippen molar-refractivity contribution in [3.8, 4) is 0 Å². The first-order valence-electron chi connectivity index (χ1n) is 10.0. The molecule has 0 atom stereocenters. The standard InChI is InChI=1S/C24H23N3O4S/c1-16-8-11-18(12-9-16)32(30,31)26-23-7-5-4-6-20(23)24(2,3)21-15-25-22-13-10-17(27(28)29)14-19(21)22/h4-15,25-26H,1-3H3. The van der Waals surface area contributed by atoms with Crippen LogP contribution < -0.4 is 4.72 Å². The van der Waals surface area contributed by atoms with Crippen LogP contribution in [0.3, 0.4) is 0 Å². The van der Waals surface area contributed by atoms with Crippen molar-refractivity contribution in [1.82, 2.24) is 4.98 Å². The summed E-state index contributed by atoms with van der Waals surface area (Å²) >= 11 is 0. The van der Waals surface area contributed by atoms with Crippen molar-refractivity contribution in [3.63, 3.8) is 0 Å². The van der Waals surface area contributed by atoms with E-state index in [1.165, 1.54) is 6.07 Å². The van der Waals surface area contributed by atoms with Crippen molar-refractivity contribution in [1.29, 1.82) is 0 Å². The number of para-hydroxylation sites is 1. The molecule has 0 amide bonds. The summed E-state index contributed by atoms with van der Waals surface area (Å²) in [6, 6.07) is 18.5. The molecule has 1 heterocycles. The van der Waals surface area contributed by atoms with Crippen molar-refractivity contribution in [2.24, 2.45) is 0 Å². The lowest BCUT2D eigenvalue weighted by Gasteiger charge is -2.28. The van der Waals surface area contributed by atoms with Crippen LogP contribution in [0.2, 0.25) is 0 Å². The number of aromatic nitrogens is 1. The number of aryl methyl sites for hydroxylation is 1. The van der Waals surface area contributed by atoms with E-state index in [0.29, 0.717) is 5.69 Å². The summed E-state index contributed by atoms with van der Waals surface area (Å²) in [5.41, 5.74) is 3.14. The molecular weight excluding hydrogens is 426 g/mol. The van der Waals surface area contributed by atoms with Gasteiger partial charge in [0.25, 0.3) is 15.7 Å². The van der Waals surface area contributed by atoms with Gasteiger partial charge in [-0.1, -0.05) is 49.7 Å². The van der Waals surface area contributed by atoms with Gasteiger partial charge < -0.3 is 4.98 Å². The maximum atomic E-state index is 13.0. The fourth-order valence-electron chi connectivity index (χ4n) is 3.92. The molecule has 0 bridgehead atoms. The van der Waals surface area contributed by atoms with Crippen LogP contribution in [0.25, 0.3) is 10.9 Å². The van der Waals surface area contributed by atoms with E-state index in [-0.39, 0.29) is 10.6 Å². The number of sulfonamides is 1. The van der Waals surface area contributed by atoms with Crippen molar-refractivity contribution in [2.75, 3.05) is 4.72 Å². The molecular formula is C24H23N3O4S. The number of nitrogens with zero attached hydrogens (tertiary/aromatic N) is 1. The van der Waals surface area contributed by atoms with Crippen LogP contribution in [0.5, 0.6) is 0 Å². The molecule has 8 heteroatoms. The minimum Gasteiger partial charge on any atom is -0.361 e. The highest BCUT2D eigenvalue weighted by Gasteiger charge is 2.30. The number of nitro benzene ring substituents is 1. The van der Waals surface area contributed by atoms with Gasteiger partial charge in [0.1, 0.15) is 0 Å². The number of fused-ring (bicyclic) bond motifs is 1. The Balaban J connectivity index is 1.79. The Labute approximate surface area is 186 Å². The minimum absolute atomic E-state index is 0.00232. The van der Waals surface area contributed by atoms with Gasteiger partial charge in [0, 0.05) is 34.6 Å². The van der Waals surface area contributed by atoms with E-state index in [4.69, 9.17) is 0 Å². The van der Waals surface area contributed by atoms with Gasteiger partial charge in [-0.2, -0.15) is 0 Å². The van der Waals surface area contributed by atoms with Gasteiger partial charge in [-0.05, 0) is 42.3 Å². The van der Waals surface area contributed by atoms with Crippen molar-refractivity contribution in [3.05, 3.63) is 99.7 Å². The Hall–Kier alpha value is -3.65. The Morgan fingerprint density at radius 1 is 0.969 bits per heavy atom. The van der Waals surface area contributed by atoms with Crippen molar-refractivity contribution in [2.45, 2.75) is 31.1 Å². The quantitative estimate of drug-likeness (QED) is 0.299. The molecule has 4 rings (SSSR count). The highest BCUT2D eigenvalue weighted by Crippen LogP contribution is 2.40. The van der Waals surface area contributed by atoms with Crippen LogP contribution in [0.1, 0.15) is 30.5 Å². The Kier molecular flexibility index (Phi) is 5.26. The summed E-state index contributed by atoms with van der Waals surface area (Å²) in [5, 5.41) is 12.0. The summed E-state index contributed by atoms with van der Waals surface area (Å²) in [4.78, 5) is 14.2. The number of hydrogen-bond acceptors (Lipinski definition) is 4. The molecule has 2 N–H and O–H groups in total. The Morgan fingerprint density at radius 2 is 1.66 bits per heavy atom. The number of non-ortho nitro benzene ring substituents is 1. The summed E-state index contributed by atoms with van der Waals surface area (Å²) in [7, 11) is -3.79. The Bertz CT molecular complexity index is 1420. The number of nitrogens with one attached hydrogen (secondary N) is 2. The Morgan fingerprint density at radius 3 is 2.34 bits per heavy atom. The lowest BCUT2D eigenvalue weighted by Crippen LogP contribution is -2.22. The minimum atomic E-state index is -3.79. The molecule has 1 aromatic heterocycles. The number of nitro groups is 1. The molecule has 0 radical (unpaired) electrons. The molecule has 164 valence electrons. The van der Waals surface area contributed by atoms with E-state index >= 15 is 0 Å². The summed E-state index contributed by atoms with van der Waals surface area (Å²) in [5.74, 6) is 0. The van der Waals surface area contributed by atoms with Gasteiger partial charge in [-0.15, -0.1) is 0 Å². The van der Waals surface area contributed by atoms with Crippen LogP contribution in [0.4, 0.5) is 11.4 Å². The molecule has 0 fully saturated rings. The maximum Gasteiger partial charge on any atom is 0.270 e. The smallest absolute Gasteiger partial charge is 0.270 e. The lowest BCUT2D eigenvalue weighted by molar-refractivity contribution is -0.384. The third kappa shape index (κ3) is 3.85. The van der Waals surface area contributed by atoms with E-state index < -0.39 is 20.4 Å². The molecule has 0 unspecified atom stereocenters. The van der Waals surface area contributed by atoms with Crippen LogP contribution in [0.15, 0.2) is 77.8 Å². The summed E-state index contributed by atoms with van der Waals surface area (Å²) in [6.45, 7) is 5.83. The predicted octanol–water partition coefficient (Wildman–Crippen LogP) is 5.51. The van der Waals surface area contributed by atoms with Crippen molar-refractivity contribution >= 4 is 32.3 Å². The van der Waals surface area contributed by atoms with Gasteiger partial charge >= 0.3 is 0 Å². The second-order valence-electron chi connectivity index (χ2n) is 8.28. The van der Waals surface area contributed by atoms with E-state index in [0.717, 1.165) is 27.6 Å². The molecule has 7 nitrogen and oxygen atoms in total. The van der Waals surface area contributed by atoms with E-state index in [2.05, 4.69) is 9.71 Å². The predicted molar refractivity (Wildman–Crippen MR) is 126 cm³/mol. The number of aromatic amines is 1. The molecule has 4 aromatic rings. The third-order valence-electron chi connectivity index (χ3n) is 5.73. The first kappa shape index (κ1) is 21.6. The zero-order chi connectivity index (χ0) is 23.1. The molecule has 0 aliphatic rings. The zero-order valence-electron chi connectivity index (χ0n) is 17.9. The average Bonchev–Trinajstić information content (AvgIpc) is 3.18. The van der Waals surface area contributed by atoms with Gasteiger partial charge in [0.2, 0.25) is 0 Å². The highest BCUT2D eigenvalue weighted by molar-refractivity contribution is 7.92. The van der Waals surface area contributed by atoms with Crippen LogP contribution in [0, 0.1) is 17.0 Å². The fraction of sp³-hybridized carbons (Fsp3) is 0.167. The topological polar surface area (TPSA) is 105 Å². The van der Waals surface area contributed by atoms with Gasteiger partial charge in [0.15, 0.2) is 0 Å². The molecule has 0 saturated heterocycles. The van der Waals surface area contributed by atoms with E-state index in [1.54, 1.807) is 48.5 Å². The monoisotopic (exact) mass is 449 g/mol. The maximum absolute atomic E-state index is 13.0. The van der Waals surface area contributed by atoms with Crippen LogP contribution in [-0.2, 0) is 15.4 Å². The summed E-state index contributed by atoms with van der Waals surface area (Å²) in [6.07, 6.45) is 1.82. The van der Waals surface area contributed by atoms with Crippen LogP contribution in [-0.4, -0.2) is 18.3 Å². The number of benzene rings is 3. The number of H-pyrrole nitrogens is 1. The van der Waals surface area contributed by atoms with Gasteiger partial charge in [-0.3, -0.25) is 14.8 Å². The first-order valence-corrected chi connectivity index (χ1v) is 11.5. The second-order valence-corrected chi connectivity index (χ2v) is 9.96. The molecule has 0 saturated carbocycles. The fourth-order valence-corrected chi connectivity index (χ4v) is 5.00. The molecule has 32 heavy (non-hydrogen) atoms. The molecule has 0 spiro atoms. The summed E-state index contributed by atoms with van der Waals surface area (Å²) < 4.78 is 28.8. The SMILES string of the molecule is Cc1ccc(S(=O)(=O)Nc2ccccc2C(C)(C)c2c[nH]c3ccc([N+](=O)[O-])cc23)cc1. The molecule has 0 aliphatic heterocycles. The van der Waals surface area contributed by atoms with Crippen molar-refractivity contribution < 1.29 is 13.3 Å². The normalized spacial score (nSPS) is 12.1. The number of rotatable bonds is 6. The van der Waals surface area contributed by atoms with E-state index in [1.807, 2.05) is 39.1 Å². The van der Waals surface area contributed by atoms with Gasteiger partial charge in [0.05, 0.1) is 15.5 Å². The largest absolute Gasteiger partial charge is 0.361 e. The van der Waals surface area contributed by atoms with Gasteiger partial charge in [-0.25, -0.2) is 8.42 Å². The lowest BCUT2D eigenvalue weighted by atomic mass is 9.77. The van der Waals surface area contributed by atoms with E-state index in [9.17, 15) is 18.5 Å². The zero-order valence-corrected chi connectivity index (χ0v) is 18.7. The van der Waals surface area contributed by atoms with Crippen LogP contribution >= 0.6 is 0 Å². The number of anilines is 1. The third-order valence-corrected chi connectivity index (χ3v) is 7.11.